The average Bonchev–Trinajstić information content (AvgIpc) is 2.88. The van der Waals surface area contributed by atoms with Gasteiger partial charge in [0, 0.05) is 12.5 Å². The van der Waals surface area contributed by atoms with Gasteiger partial charge in [0.05, 0.1) is 16.9 Å². The van der Waals surface area contributed by atoms with Crippen molar-refractivity contribution in [1.29, 1.82) is 0 Å². The van der Waals surface area contributed by atoms with E-state index in [1.165, 1.54) is 42.5 Å². The van der Waals surface area contributed by atoms with Crippen molar-refractivity contribution in [2.24, 2.45) is 0 Å². The van der Waals surface area contributed by atoms with Gasteiger partial charge in [-0.05, 0) is 36.0 Å². The lowest BCUT2D eigenvalue weighted by Crippen LogP contribution is -2.33. The van der Waals surface area contributed by atoms with Gasteiger partial charge < -0.3 is 15.5 Å². The molecule has 3 N–H and O–H groups in total. The predicted octanol–water partition coefficient (Wildman–Crippen LogP) is 2.69. The lowest BCUT2D eigenvalue weighted by atomic mass is 10.1. The van der Waals surface area contributed by atoms with E-state index in [0.29, 0.717) is 11.8 Å². The highest BCUT2D eigenvalue weighted by atomic mass is 32.2. The minimum absolute atomic E-state index is 0.0753. The molecule has 9 heteroatoms. The predicted molar refractivity (Wildman–Crippen MR) is 99.0 cm³/mol. The normalized spacial score (nSPS) is 16.4. The highest BCUT2D eigenvalue weighted by Crippen LogP contribution is 2.34. The number of carboxylic acids is 1. The Labute approximate surface area is 157 Å². The fraction of sp³-hybridized carbons (Fsp3) is 0.111. The number of thioether (sulfide) groups is 1. The third-order valence-corrected chi connectivity index (χ3v) is 4.85. The molecule has 1 aliphatic rings. The summed E-state index contributed by atoms with van der Waals surface area (Å²) < 4.78 is 0. The van der Waals surface area contributed by atoms with E-state index in [1.807, 2.05) is 0 Å². The number of amides is 3. The van der Waals surface area contributed by atoms with Gasteiger partial charge in [-0.1, -0.05) is 18.2 Å². The fourth-order valence-electron chi connectivity index (χ4n) is 2.60. The van der Waals surface area contributed by atoms with E-state index in [4.69, 9.17) is 5.11 Å². The van der Waals surface area contributed by atoms with Crippen molar-refractivity contribution in [2.45, 2.75) is 11.7 Å². The molecule has 0 spiro atoms. The summed E-state index contributed by atoms with van der Waals surface area (Å²) in [5.41, 5.74) is 0.256. The number of carbonyl (C=O) groups is 4. The monoisotopic (exact) mass is 386 g/mol. The second-order valence-electron chi connectivity index (χ2n) is 5.67. The zero-order valence-electron chi connectivity index (χ0n) is 13.8. The molecule has 3 amide bonds. The molecule has 8 nitrogen and oxygen atoms in total. The van der Waals surface area contributed by atoms with Gasteiger partial charge >= 0.3 is 5.97 Å². The molecule has 1 heterocycles. The van der Waals surface area contributed by atoms with Crippen LogP contribution in [0.4, 0.5) is 16.2 Å². The molecule has 1 unspecified atom stereocenters. The molecule has 0 saturated carbocycles. The number of phenolic OH excluding ortho intramolecular Hbond substituents is 1. The summed E-state index contributed by atoms with van der Waals surface area (Å²) in [6.45, 7) is 0. The molecular weight excluding hydrogens is 372 g/mol. The molecule has 3 rings (SSSR count). The number of benzene rings is 2. The van der Waals surface area contributed by atoms with Crippen LogP contribution in [0.15, 0.2) is 48.5 Å². The number of nitrogens with zero attached hydrogens (tertiary/aromatic N) is 1. The SMILES string of the molecule is O=C(CC1SC(=O)N(c2cccc(O)c2)C1=O)Nc1ccccc1C(=O)O. The van der Waals surface area contributed by atoms with E-state index in [-0.39, 0.29) is 29.1 Å². The first kappa shape index (κ1) is 18.5. The number of hydrogen-bond donors (Lipinski definition) is 3. The molecular formula is C18H14N2O6S. The summed E-state index contributed by atoms with van der Waals surface area (Å²) in [5, 5.41) is 19.6. The Bertz CT molecular complexity index is 945. The standard InChI is InChI=1S/C18H14N2O6S/c21-11-5-3-4-10(8-11)20-16(23)14(27-18(20)26)9-15(22)19-13-7-2-1-6-12(13)17(24)25/h1-8,14,21H,9H2,(H,19,22)(H,24,25). The van der Waals surface area contributed by atoms with Crippen molar-refractivity contribution in [2.75, 3.05) is 10.2 Å². The van der Waals surface area contributed by atoms with Crippen LogP contribution in [0, 0.1) is 0 Å². The number of para-hydroxylation sites is 1. The molecule has 2 aromatic carbocycles. The van der Waals surface area contributed by atoms with Gasteiger partial charge in [0.25, 0.3) is 5.24 Å². The first-order valence-corrected chi connectivity index (χ1v) is 8.70. The number of hydrogen-bond acceptors (Lipinski definition) is 6. The molecule has 1 saturated heterocycles. The van der Waals surface area contributed by atoms with Crippen LogP contribution in [0.2, 0.25) is 0 Å². The van der Waals surface area contributed by atoms with Gasteiger partial charge in [-0.15, -0.1) is 0 Å². The Hall–Kier alpha value is -3.33. The van der Waals surface area contributed by atoms with Crippen LogP contribution in [0.1, 0.15) is 16.8 Å². The second-order valence-corrected chi connectivity index (χ2v) is 6.82. The molecule has 138 valence electrons. The summed E-state index contributed by atoms with van der Waals surface area (Å²) in [6, 6.07) is 11.6. The maximum atomic E-state index is 12.5. The molecule has 1 atom stereocenters. The summed E-state index contributed by atoms with van der Waals surface area (Å²) in [5.74, 6) is -2.44. The molecule has 27 heavy (non-hydrogen) atoms. The summed E-state index contributed by atoms with van der Waals surface area (Å²) in [6.07, 6.45) is -0.293. The highest BCUT2D eigenvalue weighted by molar-refractivity contribution is 8.15. The first-order chi connectivity index (χ1) is 12.9. The van der Waals surface area contributed by atoms with E-state index < -0.39 is 28.3 Å². The molecule has 1 fully saturated rings. The fourth-order valence-corrected chi connectivity index (χ4v) is 3.59. The Morgan fingerprint density at radius 2 is 1.85 bits per heavy atom. The second kappa shape index (κ2) is 7.50. The Morgan fingerprint density at radius 3 is 2.56 bits per heavy atom. The third kappa shape index (κ3) is 3.93. The molecule has 2 aromatic rings. The topological polar surface area (TPSA) is 124 Å². The van der Waals surface area contributed by atoms with Gasteiger partial charge in [-0.3, -0.25) is 14.4 Å². The zero-order valence-corrected chi connectivity index (χ0v) is 14.6. The quantitative estimate of drug-likeness (QED) is 0.722. The van der Waals surface area contributed by atoms with Gasteiger partial charge in [-0.25, -0.2) is 9.69 Å². The van der Waals surface area contributed by atoms with Crippen molar-refractivity contribution in [3.63, 3.8) is 0 Å². The van der Waals surface area contributed by atoms with Crippen LogP contribution < -0.4 is 10.2 Å². The van der Waals surface area contributed by atoms with Crippen LogP contribution in [0.3, 0.4) is 0 Å². The van der Waals surface area contributed by atoms with Crippen molar-refractivity contribution < 1.29 is 29.4 Å². The van der Waals surface area contributed by atoms with E-state index in [9.17, 15) is 24.3 Å². The third-order valence-electron chi connectivity index (χ3n) is 3.81. The lowest BCUT2D eigenvalue weighted by Gasteiger charge is -2.14. The summed E-state index contributed by atoms with van der Waals surface area (Å²) in [7, 11) is 0. The number of imide groups is 1. The van der Waals surface area contributed by atoms with Crippen molar-refractivity contribution >= 4 is 46.2 Å². The summed E-state index contributed by atoms with van der Waals surface area (Å²) in [4.78, 5) is 49.0. The Morgan fingerprint density at radius 1 is 1.11 bits per heavy atom. The molecule has 0 aromatic heterocycles. The molecule has 0 radical (unpaired) electrons. The van der Waals surface area contributed by atoms with E-state index in [2.05, 4.69) is 5.32 Å². The average molecular weight is 386 g/mol. The largest absolute Gasteiger partial charge is 0.508 e. The maximum Gasteiger partial charge on any atom is 0.337 e. The van der Waals surface area contributed by atoms with E-state index >= 15 is 0 Å². The maximum absolute atomic E-state index is 12.5. The summed E-state index contributed by atoms with van der Waals surface area (Å²) >= 11 is 0.711. The molecule has 0 aliphatic carbocycles. The number of aromatic carboxylic acids is 1. The first-order valence-electron chi connectivity index (χ1n) is 7.82. The van der Waals surface area contributed by atoms with Crippen LogP contribution in [-0.2, 0) is 9.59 Å². The zero-order chi connectivity index (χ0) is 19.6. The number of nitrogens with one attached hydrogen (secondary N) is 1. The molecule has 1 aliphatic heterocycles. The van der Waals surface area contributed by atoms with Gasteiger partial charge in [-0.2, -0.15) is 0 Å². The number of aromatic hydroxyl groups is 1. The Kier molecular flexibility index (Phi) is 5.13. The van der Waals surface area contributed by atoms with Crippen LogP contribution in [-0.4, -0.2) is 38.5 Å². The number of carboxylic acid groups (broad SMARTS) is 1. The number of rotatable bonds is 5. The van der Waals surface area contributed by atoms with Gasteiger partial charge in [0.2, 0.25) is 11.8 Å². The van der Waals surface area contributed by atoms with Crippen LogP contribution in [0.5, 0.6) is 5.75 Å². The number of phenols is 1. The van der Waals surface area contributed by atoms with Gasteiger partial charge in [0.15, 0.2) is 0 Å². The van der Waals surface area contributed by atoms with Crippen LogP contribution in [0.25, 0.3) is 0 Å². The van der Waals surface area contributed by atoms with Crippen LogP contribution >= 0.6 is 11.8 Å². The minimum Gasteiger partial charge on any atom is -0.508 e. The smallest absolute Gasteiger partial charge is 0.337 e. The van der Waals surface area contributed by atoms with E-state index in [1.54, 1.807) is 6.07 Å². The van der Waals surface area contributed by atoms with Crippen molar-refractivity contribution in [1.82, 2.24) is 0 Å². The van der Waals surface area contributed by atoms with Crippen molar-refractivity contribution in [3.8, 4) is 5.75 Å². The highest BCUT2D eigenvalue weighted by Gasteiger charge is 2.41. The van der Waals surface area contributed by atoms with E-state index in [0.717, 1.165) is 4.90 Å². The minimum atomic E-state index is -1.19. The Balaban J connectivity index is 1.72. The van der Waals surface area contributed by atoms with Crippen molar-refractivity contribution in [3.05, 3.63) is 54.1 Å². The molecule has 0 bridgehead atoms. The number of carbonyl (C=O) groups excluding carboxylic acids is 3. The lowest BCUT2D eigenvalue weighted by molar-refractivity contribution is -0.121. The number of anilines is 2. The van der Waals surface area contributed by atoms with Gasteiger partial charge in [0.1, 0.15) is 11.0 Å².